The number of nitrogen functional groups attached to an aromatic ring is 1. The van der Waals surface area contributed by atoms with Gasteiger partial charge in [0.2, 0.25) is 10.0 Å². The first-order valence-electron chi connectivity index (χ1n) is 6.62. The van der Waals surface area contributed by atoms with Crippen LogP contribution in [-0.2, 0) is 10.0 Å². The van der Waals surface area contributed by atoms with Crippen LogP contribution in [0.2, 0.25) is 0 Å². The monoisotopic (exact) mass is 313 g/mol. The lowest BCUT2D eigenvalue weighted by molar-refractivity contribution is 0.372. The van der Waals surface area contributed by atoms with Crippen LogP contribution in [0, 0.1) is 30.0 Å². The molecule has 0 heterocycles. The number of nitrogens with two attached hydrogens (primary N) is 1. The van der Waals surface area contributed by atoms with E-state index in [1.54, 1.807) is 0 Å². The van der Waals surface area contributed by atoms with E-state index in [-0.39, 0.29) is 41.6 Å². The molecule has 0 aromatic heterocycles. The molecule has 0 spiro atoms. The van der Waals surface area contributed by atoms with E-state index in [4.69, 9.17) is 11.0 Å². The summed E-state index contributed by atoms with van der Waals surface area (Å²) in [4.78, 5) is -0.179. The van der Waals surface area contributed by atoms with E-state index in [0.717, 1.165) is 6.07 Å². The van der Waals surface area contributed by atoms with Crippen LogP contribution >= 0.6 is 0 Å². The molecule has 0 aliphatic heterocycles. The van der Waals surface area contributed by atoms with Gasteiger partial charge >= 0.3 is 0 Å². The standard InChI is InChI=1S/C14H20FN3O2S/c1-10(2)9-18(6-4-5-16)21(19,20)12-7-13(15)11(3)14(17)8-12/h7-8,10H,4,6,9,17H2,1-3H3. The molecule has 0 radical (unpaired) electrons. The van der Waals surface area contributed by atoms with Gasteiger partial charge in [0, 0.05) is 30.8 Å². The van der Waals surface area contributed by atoms with Crippen molar-refractivity contribution in [3.05, 3.63) is 23.5 Å². The Kier molecular flexibility index (Phi) is 5.70. The predicted octanol–water partition coefficient (Wildman–Crippen LogP) is 2.28. The lowest BCUT2D eigenvalue weighted by Crippen LogP contribution is -2.35. The summed E-state index contributed by atoms with van der Waals surface area (Å²) in [6.45, 7) is 5.58. The summed E-state index contributed by atoms with van der Waals surface area (Å²) in [7, 11) is -3.87. The van der Waals surface area contributed by atoms with Gasteiger partial charge in [-0.1, -0.05) is 13.8 Å². The Morgan fingerprint density at radius 2 is 2.05 bits per heavy atom. The molecule has 2 N–H and O–H groups in total. The van der Waals surface area contributed by atoms with Crippen molar-refractivity contribution in [2.24, 2.45) is 5.92 Å². The van der Waals surface area contributed by atoms with Gasteiger partial charge in [0.15, 0.2) is 0 Å². The van der Waals surface area contributed by atoms with Crippen molar-refractivity contribution >= 4 is 15.7 Å². The van der Waals surface area contributed by atoms with E-state index in [1.807, 2.05) is 19.9 Å². The first-order valence-corrected chi connectivity index (χ1v) is 8.07. The number of hydrogen-bond acceptors (Lipinski definition) is 4. The maximum atomic E-state index is 13.7. The topological polar surface area (TPSA) is 87.2 Å². The van der Waals surface area contributed by atoms with Gasteiger partial charge < -0.3 is 5.73 Å². The molecule has 1 rings (SSSR count). The third-order valence-corrected chi connectivity index (χ3v) is 4.88. The minimum atomic E-state index is -3.87. The Morgan fingerprint density at radius 1 is 1.43 bits per heavy atom. The van der Waals surface area contributed by atoms with Crippen molar-refractivity contribution in [1.29, 1.82) is 5.26 Å². The molecule has 5 nitrogen and oxygen atoms in total. The van der Waals surface area contributed by atoms with Gasteiger partial charge in [0.25, 0.3) is 0 Å². The Labute approximate surface area is 125 Å². The van der Waals surface area contributed by atoms with Crippen LogP contribution in [0.25, 0.3) is 0 Å². The number of rotatable bonds is 6. The van der Waals surface area contributed by atoms with Crippen molar-refractivity contribution < 1.29 is 12.8 Å². The van der Waals surface area contributed by atoms with E-state index in [9.17, 15) is 12.8 Å². The van der Waals surface area contributed by atoms with Gasteiger partial charge in [0.1, 0.15) is 5.82 Å². The van der Waals surface area contributed by atoms with Gasteiger partial charge in [-0.25, -0.2) is 12.8 Å². The van der Waals surface area contributed by atoms with Crippen molar-refractivity contribution in [2.45, 2.75) is 32.1 Å². The van der Waals surface area contributed by atoms with Crippen LogP contribution in [-0.4, -0.2) is 25.8 Å². The number of benzene rings is 1. The smallest absolute Gasteiger partial charge is 0.243 e. The molecular weight excluding hydrogens is 293 g/mol. The third-order valence-electron chi connectivity index (χ3n) is 3.04. The zero-order valence-electron chi connectivity index (χ0n) is 12.4. The van der Waals surface area contributed by atoms with Gasteiger partial charge in [0.05, 0.1) is 11.0 Å². The van der Waals surface area contributed by atoms with Crippen LogP contribution in [0.5, 0.6) is 0 Å². The first-order chi connectivity index (χ1) is 9.70. The molecule has 0 fully saturated rings. The van der Waals surface area contributed by atoms with E-state index >= 15 is 0 Å². The molecule has 0 saturated heterocycles. The van der Waals surface area contributed by atoms with Gasteiger partial charge in [-0.05, 0) is 25.0 Å². The third kappa shape index (κ3) is 4.16. The van der Waals surface area contributed by atoms with E-state index in [0.29, 0.717) is 0 Å². The predicted molar refractivity (Wildman–Crippen MR) is 79.4 cm³/mol. The average molecular weight is 313 g/mol. The summed E-state index contributed by atoms with van der Waals surface area (Å²) >= 11 is 0. The normalized spacial score (nSPS) is 11.9. The zero-order chi connectivity index (χ0) is 16.2. The molecule has 0 atom stereocenters. The Morgan fingerprint density at radius 3 is 2.52 bits per heavy atom. The number of nitriles is 1. The van der Waals surface area contributed by atoms with Crippen molar-refractivity contribution in [2.75, 3.05) is 18.8 Å². The Balaban J connectivity index is 3.25. The summed E-state index contributed by atoms with van der Waals surface area (Å²) in [5.41, 5.74) is 5.96. The second-order valence-corrected chi connectivity index (χ2v) is 7.22. The molecule has 1 aromatic rings. The molecule has 0 amide bonds. The second-order valence-electron chi connectivity index (χ2n) is 5.28. The number of nitrogens with zero attached hydrogens (tertiary/aromatic N) is 2. The Bertz CT molecular complexity index is 628. The molecule has 0 aliphatic carbocycles. The number of anilines is 1. The fraction of sp³-hybridized carbons (Fsp3) is 0.500. The van der Waals surface area contributed by atoms with E-state index < -0.39 is 15.8 Å². The lowest BCUT2D eigenvalue weighted by atomic mass is 10.2. The van der Waals surface area contributed by atoms with Crippen molar-refractivity contribution in [3.8, 4) is 6.07 Å². The highest BCUT2D eigenvalue weighted by Gasteiger charge is 2.26. The SMILES string of the molecule is Cc1c(N)cc(S(=O)(=O)N(CCC#N)CC(C)C)cc1F. The average Bonchev–Trinajstić information content (AvgIpc) is 2.39. The van der Waals surface area contributed by atoms with Crippen LogP contribution < -0.4 is 5.73 Å². The van der Waals surface area contributed by atoms with Crippen LogP contribution in [0.4, 0.5) is 10.1 Å². The van der Waals surface area contributed by atoms with Crippen molar-refractivity contribution in [3.63, 3.8) is 0 Å². The van der Waals surface area contributed by atoms with Gasteiger partial charge in [-0.2, -0.15) is 9.57 Å². The Hall–Kier alpha value is -1.65. The minimum absolute atomic E-state index is 0.0758. The molecule has 0 bridgehead atoms. The maximum absolute atomic E-state index is 13.7. The molecule has 21 heavy (non-hydrogen) atoms. The molecule has 1 aromatic carbocycles. The summed E-state index contributed by atoms with van der Waals surface area (Å²) in [5.74, 6) is -0.565. The van der Waals surface area contributed by atoms with Crippen LogP contribution in [0.1, 0.15) is 25.8 Å². The minimum Gasteiger partial charge on any atom is -0.398 e. The molecule has 0 aliphatic rings. The highest BCUT2D eigenvalue weighted by Crippen LogP contribution is 2.24. The van der Waals surface area contributed by atoms with E-state index in [1.165, 1.54) is 17.3 Å². The summed E-state index contributed by atoms with van der Waals surface area (Å²) in [5, 5.41) is 8.66. The number of hydrogen-bond donors (Lipinski definition) is 1. The van der Waals surface area contributed by atoms with Gasteiger partial charge in [-0.3, -0.25) is 0 Å². The molecule has 0 unspecified atom stereocenters. The van der Waals surface area contributed by atoms with Crippen LogP contribution in [0.15, 0.2) is 17.0 Å². The summed E-state index contributed by atoms with van der Waals surface area (Å²) < 4.78 is 40.1. The molecule has 116 valence electrons. The highest BCUT2D eigenvalue weighted by molar-refractivity contribution is 7.89. The molecule has 7 heteroatoms. The lowest BCUT2D eigenvalue weighted by Gasteiger charge is -2.23. The number of sulfonamides is 1. The molecular formula is C14H20FN3O2S. The quantitative estimate of drug-likeness (QED) is 0.816. The van der Waals surface area contributed by atoms with E-state index in [2.05, 4.69) is 0 Å². The van der Waals surface area contributed by atoms with Crippen LogP contribution in [0.3, 0.4) is 0 Å². The largest absolute Gasteiger partial charge is 0.398 e. The summed E-state index contributed by atoms with van der Waals surface area (Å²) in [6, 6.07) is 4.15. The molecule has 0 saturated carbocycles. The van der Waals surface area contributed by atoms with Gasteiger partial charge in [-0.15, -0.1) is 0 Å². The first kappa shape index (κ1) is 17.4. The zero-order valence-corrected chi connectivity index (χ0v) is 13.2. The summed E-state index contributed by atoms with van der Waals surface area (Å²) in [6.07, 6.45) is 0.0791. The van der Waals surface area contributed by atoms with Crippen molar-refractivity contribution in [1.82, 2.24) is 4.31 Å². The fourth-order valence-corrected chi connectivity index (χ4v) is 3.52. The maximum Gasteiger partial charge on any atom is 0.243 e. The highest BCUT2D eigenvalue weighted by atomic mass is 32.2. The number of halogens is 1. The second kappa shape index (κ2) is 6.87. The fourth-order valence-electron chi connectivity index (χ4n) is 1.86.